The zero-order valence-corrected chi connectivity index (χ0v) is 11.3. The molecule has 102 valence electrons. The molecule has 3 N–H and O–H groups in total. The number of benzene rings is 1. The van der Waals surface area contributed by atoms with E-state index < -0.39 is 0 Å². The number of carbonyl (C=O) groups is 1. The fourth-order valence-corrected chi connectivity index (χ4v) is 1.87. The van der Waals surface area contributed by atoms with E-state index in [-0.39, 0.29) is 11.8 Å². The Morgan fingerprint density at radius 2 is 2.32 bits per heavy atom. The zero-order valence-electron chi connectivity index (χ0n) is 11.3. The van der Waals surface area contributed by atoms with Crippen molar-refractivity contribution in [2.45, 2.75) is 26.8 Å². The number of oxazole rings is 1. The van der Waals surface area contributed by atoms with E-state index in [4.69, 9.17) is 10.2 Å². The number of rotatable bonds is 5. The molecule has 0 spiro atoms. The number of aryl methyl sites for hydroxylation is 1. The van der Waals surface area contributed by atoms with Crippen LogP contribution >= 0.6 is 0 Å². The first-order valence-electron chi connectivity index (χ1n) is 6.41. The molecule has 0 aliphatic carbocycles. The van der Waals surface area contributed by atoms with Crippen LogP contribution in [0.4, 0.5) is 0 Å². The SMILES string of the molecule is Cc1nc2cc(CNC(=O)CC(C)CN)ccc2o1. The third-order valence-corrected chi connectivity index (χ3v) is 2.98. The van der Waals surface area contributed by atoms with Gasteiger partial charge in [0.1, 0.15) is 5.52 Å². The Morgan fingerprint density at radius 1 is 1.53 bits per heavy atom. The lowest BCUT2D eigenvalue weighted by atomic mass is 10.1. The zero-order chi connectivity index (χ0) is 13.8. The average molecular weight is 261 g/mol. The van der Waals surface area contributed by atoms with Crippen molar-refractivity contribution in [1.29, 1.82) is 0 Å². The van der Waals surface area contributed by atoms with Crippen molar-refractivity contribution in [2.75, 3.05) is 6.54 Å². The van der Waals surface area contributed by atoms with Gasteiger partial charge in [0.05, 0.1) is 0 Å². The van der Waals surface area contributed by atoms with Gasteiger partial charge < -0.3 is 15.5 Å². The first-order chi connectivity index (χ1) is 9.08. The summed E-state index contributed by atoms with van der Waals surface area (Å²) in [6.07, 6.45) is 0.460. The Morgan fingerprint density at radius 3 is 3.05 bits per heavy atom. The van der Waals surface area contributed by atoms with E-state index in [9.17, 15) is 4.79 Å². The van der Waals surface area contributed by atoms with Crippen LogP contribution in [0.5, 0.6) is 0 Å². The number of amides is 1. The van der Waals surface area contributed by atoms with Crippen LogP contribution in [-0.2, 0) is 11.3 Å². The van der Waals surface area contributed by atoms with Crippen LogP contribution in [0.15, 0.2) is 22.6 Å². The molecule has 1 heterocycles. The highest BCUT2D eigenvalue weighted by Crippen LogP contribution is 2.16. The number of aromatic nitrogens is 1. The Balaban J connectivity index is 1.96. The molecule has 1 amide bonds. The van der Waals surface area contributed by atoms with E-state index in [1.54, 1.807) is 0 Å². The lowest BCUT2D eigenvalue weighted by Gasteiger charge is -2.09. The fourth-order valence-electron chi connectivity index (χ4n) is 1.87. The summed E-state index contributed by atoms with van der Waals surface area (Å²) >= 11 is 0. The van der Waals surface area contributed by atoms with Crippen LogP contribution in [0.25, 0.3) is 11.1 Å². The average Bonchev–Trinajstić information content (AvgIpc) is 2.75. The minimum Gasteiger partial charge on any atom is -0.441 e. The van der Waals surface area contributed by atoms with Crippen molar-refractivity contribution in [1.82, 2.24) is 10.3 Å². The molecular weight excluding hydrogens is 242 g/mol. The third kappa shape index (κ3) is 3.54. The van der Waals surface area contributed by atoms with Crippen molar-refractivity contribution in [3.05, 3.63) is 29.7 Å². The Kier molecular flexibility index (Phi) is 4.16. The molecule has 0 fully saturated rings. The van der Waals surface area contributed by atoms with Crippen molar-refractivity contribution < 1.29 is 9.21 Å². The van der Waals surface area contributed by atoms with Crippen LogP contribution in [0.1, 0.15) is 24.8 Å². The van der Waals surface area contributed by atoms with E-state index in [1.807, 2.05) is 32.0 Å². The van der Waals surface area contributed by atoms with Gasteiger partial charge in [-0.15, -0.1) is 0 Å². The Labute approximate surface area is 112 Å². The Bertz CT molecular complexity index is 577. The van der Waals surface area contributed by atoms with Crippen LogP contribution in [0.3, 0.4) is 0 Å². The number of nitrogens with zero attached hydrogens (tertiary/aromatic N) is 1. The van der Waals surface area contributed by atoms with Gasteiger partial charge in [0, 0.05) is 19.9 Å². The molecule has 19 heavy (non-hydrogen) atoms. The van der Waals surface area contributed by atoms with Gasteiger partial charge in [-0.3, -0.25) is 4.79 Å². The van der Waals surface area contributed by atoms with Gasteiger partial charge in [-0.2, -0.15) is 0 Å². The molecule has 2 aromatic rings. The van der Waals surface area contributed by atoms with Crippen LogP contribution < -0.4 is 11.1 Å². The first kappa shape index (κ1) is 13.5. The van der Waals surface area contributed by atoms with E-state index in [1.165, 1.54) is 0 Å². The molecule has 0 aliphatic heterocycles. The van der Waals surface area contributed by atoms with E-state index in [0.717, 1.165) is 16.7 Å². The van der Waals surface area contributed by atoms with Crippen LogP contribution in [-0.4, -0.2) is 17.4 Å². The van der Waals surface area contributed by atoms with Crippen molar-refractivity contribution in [3.8, 4) is 0 Å². The van der Waals surface area contributed by atoms with Gasteiger partial charge in [-0.05, 0) is 30.2 Å². The highest BCUT2D eigenvalue weighted by atomic mass is 16.3. The van der Waals surface area contributed by atoms with Gasteiger partial charge in [0.15, 0.2) is 11.5 Å². The number of hydrogen-bond acceptors (Lipinski definition) is 4. The van der Waals surface area contributed by atoms with E-state index in [0.29, 0.717) is 25.4 Å². The highest BCUT2D eigenvalue weighted by molar-refractivity contribution is 5.77. The summed E-state index contributed by atoms with van der Waals surface area (Å²) < 4.78 is 5.40. The maximum Gasteiger partial charge on any atom is 0.220 e. The fraction of sp³-hybridized carbons (Fsp3) is 0.429. The van der Waals surface area contributed by atoms with Gasteiger partial charge in [-0.1, -0.05) is 13.0 Å². The molecule has 1 aromatic heterocycles. The maximum atomic E-state index is 11.7. The van der Waals surface area contributed by atoms with Crippen molar-refractivity contribution >= 4 is 17.0 Å². The second kappa shape index (κ2) is 5.84. The molecule has 5 nitrogen and oxygen atoms in total. The van der Waals surface area contributed by atoms with E-state index >= 15 is 0 Å². The lowest BCUT2D eigenvalue weighted by Crippen LogP contribution is -2.26. The minimum atomic E-state index is 0.0226. The molecule has 0 bridgehead atoms. The minimum absolute atomic E-state index is 0.0226. The topological polar surface area (TPSA) is 81.2 Å². The predicted molar refractivity (Wildman–Crippen MR) is 73.4 cm³/mol. The standard InChI is InChI=1S/C14H19N3O2/c1-9(7-15)5-14(18)16-8-11-3-4-13-12(6-11)17-10(2)19-13/h3-4,6,9H,5,7-8,15H2,1-2H3,(H,16,18). The Hall–Kier alpha value is -1.88. The second-order valence-corrected chi connectivity index (χ2v) is 4.86. The van der Waals surface area contributed by atoms with Crippen LogP contribution in [0.2, 0.25) is 0 Å². The molecular formula is C14H19N3O2. The van der Waals surface area contributed by atoms with E-state index in [2.05, 4.69) is 10.3 Å². The summed E-state index contributed by atoms with van der Waals surface area (Å²) in [6.45, 7) is 4.80. The number of carbonyl (C=O) groups excluding carboxylic acids is 1. The third-order valence-electron chi connectivity index (χ3n) is 2.98. The van der Waals surface area contributed by atoms with Gasteiger partial charge in [-0.25, -0.2) is 4.98 Å². The van der Waals surface area contributed by atoms with Crippen molar-refractivity contribution in [2.24, 2.45) is 11.7 Å². The predicted octanol–water partition coefficient (Wildman–Crippen LogP) is 1.74. The molecule has 5 heteroatoms. The molecule has 0 radical (unpaired) electrons. The smallest absolute Gasteiger partial charge is 0.220 e. The maximum absolute atomic E-state index is 11.7. The summed E-state index contributed by atoms with van der Waals surface area (Å²) in [6, 6.07) is 5.73. The largest absolute Gasteiger partial charge is 0.441 e. The number of hydrogen-bond donors (Lipinski definition) is 2. The van der Waals surface area contributed by atoms with Crippen LogP contribution in [0, 0.1) is 12.8 Å². The summed E-state index contributed by atoms with van der Waals surface area (Å²) in [7, 11) is 0. The van der Waals surface area contributed by atoms with Gasteiger partial charge in [0.25, 0.3) is 0 Å². The second-order valence-electron chi connectivity index (χ2n) is 4.86. The molecule has 1 atom stereocenters. The first-order valence-corrected chi connectivity index (χ1v) is 6.41. The number of nitrogens with two attached hydrogens (primary N) is 1. The monoisotopic (exact) mass is 261 g/mol. The van der Waals surface area contributed by atoms with Gasteiger partial charge >= 0.3 is 0 Å². The normalized spacial score (nSPS) is 12.6. The lowest BCUT2D eigenvalue weighted by molar-refractivity contribution is -0.122. The molecule has 2 rings (SSSR count). The van der Waals surface area contributed by atoms with Gasteiger partial charge in [0.2, 0.25) is 5.91 Å². The summed E-state index contributed by atoms with van der Waals surface area (Å²) in [5, 5.41) is 2.88. The quantitative estimate of drug-likeness (QED) is 0.859. The molecule has 0 saturated heterocycles. The molecule has 0 saturated carbocycles. The number of fused-ring (bicyclic) bond motifs is 1. The summed E-state index contributed by atoms with van der Waals surface area (Å²) in [5.41, 5.74) is 8.09. The summed E-state index contributed by atoms with van der Waals surface area (Å²) in [4.78, 5) is 15.9. The molecule has 0 aliphatic rings. The van der Waals surface area contributed by atoms with Crippen molar-refractivity contribution in [3.63, 3.8) is 0 Å². The molecule has 1 unspecified atom stereocenters. The molecule has 1 aromatic carbocycles. The highest BCUT2D eigenvalue weighted by Gasteiger charge is 2.08. The summed E-state index contributed by atoms with van der Waals surface area (Å²) in [5.74, 6) is 0.878. The number of nitrogens with one attached hydrogen (secondary N) is 1.